The van der Waals surface area contributed by atoms with Crippen molar-refractivity contribution in [2.24, 2.45) is 5.10 Å². The number of hydrogen-bond donors (Lipinski definition) is 1. The Morgan fingerprint density at radius 2 is 1.87 bits per heavy atom. The van der Waals surface area contributed by atoms with Gasteiger partial charge in [0.05, 0.1) is 21.3 Å². The first-order chi connectivity index (χ1) is 11.0. The van der Waals surface area contributed by atoms with E-state index in [0.717, 1.165) is 4.47 Å². The molecule has 0 aliphatic carbocycles. The third-order valence-electron chi connectivity index (χ3n) is 2.64. The van der Waals surface area contributed by atoms with E-state index in [-0.39, 0.29) is 6.61 Å². The van der Waals surface area contributed by atoms with Crippen LogP contribution >= 0.6 is 50.7 Å². The Hall–Kier alpha value is -1.27. The average molecular weight is 437 g/mol. The molecule has 0 aliphatic rings. The summed E-state index contributed by atoms with van der Waals surface area (Å²) < 4.78 is 6.13. The maximum atomic E-state index is 11.7. The van der Waals surface area contributed by atoms with Crippen LogP contribution in [0.5, 0.6) is 5.75 Å². The zero-order valence-corrected chi connectivity index (χ0v) is 15.4. The monoisotopic (exact) mass is 434 g/mol. The van der Waals surface area contributed by atoms with Crippen LogP contribution in [-0.4, -0.2) is 18.7 Å². The Labute approximate surface area is 156 Å². The first-order valence-corrected chi connectivity index (χ1v) is 8.24. The summed E-state index contributed by atoms with van der Waals surface area (Å²) in [5, 5.41) is 5.08. The van der Waals surface area contributed by atoms with Gasteiger partial charge >= 0.3 is 0 Å². The van der Waals surface area contributed by atoms with E-state index < -0.39 is 5.91 Å². The molecule has 120 valence electrons. The molecule has 1 N–H and O–H groups in total. The molecule has 4 nitrogen and oxygen atoms in total. The van der Waals surface area contributed by atoms with Crippen LogP contribution in [-0.2, 0) is 4.79 Å². The number of ether oxygens (including phenoxy) is 1. The lowest BCUT2D eigenvalue weighted by Crippen LogP contribution is -2.24. The number of amides is 1. The SMILES string of the molecule is O=C(COc1ccc(Br)cc1Cl)N/N=C/c1c(Cl)cccc1Cl. The Morgan fingerprint density at radius 1 is 1.17 bits per heavy atom. The fourth-order valence-corrected chi connectivity index (χ4v) is 2.79. The van der Waals surface area contributed by atoms with Crippen molar-refractivity contribution < 1.29 is 9.53 Å². The number of benzene rings is 2. The van der Waals surface area contributed by atoms with Crippen LogP contribution in [0.15, 0.2) is 46.0 Å². The van der Waals surface area contributed by atoms with Crippen molar-refractivity contribution in [1.29, 1.82) is 0 Å². The molecule has 0 spiro atoms. The largest absolute Gasteiger partial charge is 0.482 e. The van der Waals surface area contributed by atoms with Gasteiger partial charge in [-0.2, -0.15) is 5.10 Å². The van der Waals surface area contributed by atoms with E-state index >= 15 is 0 Å². The van der Waals surface area contributed by atoms with Gasteiger partial charge in [0.15, 0.2) is 6.61 Å². The van der Waals surface area contributed by atoms with Crippen LogP contribution in [0, 0.1) is 0 Å². The van der Waals surface area contributed by atoms with Crippen LogP contribution in [0.4, 0.5) is 0 Å². The Balaban J connectivity index is 1.89. The van der Waals surface area contributed by atoms with Crippen molar-refractivity contribution >= 4 is 62.9 Å². The highest BCUT2D eigenvalue weighted by atomic mass is 79.9. The standard InChI is InChI=1S/C15H10BrCl3N2O2/c16-9-4-5-14(13(19)6-9)23-8-15(22)21-20-7-10-11(17)2-1-3-12(10)18/h1-7H,8H2,(H,21,22)/b20-7+. The summed E-state index contributed by atoms with van der Waals surface area (Å²) in [5.74, 6) is -0.0356. The number of carbonyl (C=O) groups is 1. The van der Waals surface area contributed by atoms with Crippen LogP contribution in [0.2, 0.25) is 15.1 Å². The number of rotatable bonds is 5. The van der Waals surface area contributed by atoms with Crippen LogP contribution in [0.1, 0.15) is 5.56 Å². The Kier molecular flexibility index (Phi) is 6.72. The van der Waals surface area contributed by atoms with E-state index in [1.165, 1.54) is 6.21 Å². The summed E-state index contributed by atoms with van der Waals surface area (Å²) in [7, 11) is 0. The lowest BCUT2D eigenvalue weighted by molar-refractivity contribution is -0.123. The van der Waals surface area contributed by atoms with Crippen LogP contribution < -0.4 is 10.2 Å². The Morgan fingerprint density at radius 3 is 2.52 bits per heavy atom. The maximum absolute atomic E-state index is 11.7. The lowest BCUT2D eigenvalue weighted by Gasteiger charge is -2.07. The van der Waals surface area contributed by atoms with Crippen molar-refractivity contribution in [3.8, 4) is 5.75 Å². The first kappa shape index (κ1) is 18.1. The molecule has 0 fully saturated rings. The minimum Gasteiger partial charge on any atom is -0.482 e. The minimum atomic E-state index is -0.441. The van der Waals surface area contributed by atoms with E-state index in [1.807, 2.05) is 0 Å². The van der Waals surface area contributed by atoms with Crippen molar-refractivity contribution in [1.82, 2.24) is 5.43 Å². The fourth-order valence-electron chi connectivity index (χ4n) is 1.57. The molecule has 0 aromatic heterocycles. The van der Waals surface area contributed by atoms with Crippen LogP contribution in [0.25, 0.3) is 0 Å². The number of carbonyl (C=O) groups excluding carboxylic acids is 1. The molecule has 0 saturated carbocycles. The molecule has 0 heterocycles. The lowest BCUT2D eigenvalue weighted by atomic mass is 10.2. The molecule has 0 bridgehead atoms. The number of nitrogens with zero attached hydrogens (tertiary/aromatic N) is 1. The van der Waals surface area contributed by atoms with Crippen molar-refractivity contribution in [3.05, 3.63) is 61.5 Å². The molecule has 2 aromatic rings. The van der Waals surface area contributed by atoms with Crippen molar-refractivity contribution in [3.63, 3.8) is 0 Å². The van der Waals surface area contributed by atoms with E-state index in [9.17, 15) is 4.79 Å². The highest BCUT2D eigenvalue weighted by molar-refractivity contribution is 9.10. The smallest absolute Gasteiger partial charge is 0.277 e. The molecule has 8 heteroatoms. The molecule has 0 saturated heterocycles. The predicted molar refractivity (Wildman–Crippen MR) is 96.8 cm³/mol. The van der Waals surface area contributed by atoms with Gasteiger partial charge in [-0.3, -0.25) is 4.79 Å². The second kappa shape index (κ2) is 8.55. The van der Waals surface area contributed by atoms with Gasteiger partial charge in [0, 0.05) is 10.0 Å². The summed E-state index contributed by atoms with van der Waals surface area (Å²) in [4.78, 5) is 11.7. The number of nitrogens with one attached hydrogen (secondary N) is 1. The summed E-state index contributed by atoms with van der Waals surface area (Å²) >= 11 is 21.2. The fraction of sp³-hybridized carbons (Fsp3) is 0.0667. The summed E-state index contributed by atoms with van der Waals surface area (Å²) in [6.45, 7) is -0.227. The summed E-state index contributed by atoms with van der Waals surface area (Å²) in [5.41, 5.74) is 2.84. The van der Waals surface area contributed by atoms with Crippen LogP contribution in [0.3, 0.4) is 0 Å². The van der Waals surface area contributed by atoms with Gasteiger partial charge in [-0.15, -0.1) is 0 Å². The number of halogens is 4. The minimum absolute atomic E-state index is 0.227. The zero-order valence-electron chi connectivity index (χ0n) is 11.5. The highest BCUT2D eigenvalue weighted by Gasteiger charge is 2.06. The molecule has 0 atom stereocenters. The van der Waals surface area contributed by atoms with E-state index in [4.69, 9.17) is 39.5 Å². The second-order valence-electron chi connectivity index (χ2n) is 4.29. The quantitative estimate of drug-likeness (QED) is 0.533. The third-order valence-corrected chi connectivity index (χ3v) is 4.08. The van der Waals surface area contributed by atoms with Gasteiger partial charge in [0.2, 0.25) is 0 Å². The molecule has 2 aromatic carbocycles. The number of hydrazone groups is 1. The topological polar surface area (TPSA) is 50.7 Å². The van der Waals surface area contributed by atoms with Gasteiger partial charge in [-0.05, 0) is 30.3 Å². The van der Waals surface area contributed by atoms with Gasteiger partial charge in [-0.25, -0.2) is 5.43 Å². The van der Waals surface area contributed by atoms with E-state index in [2.05, 4.69) is 26.5 Å². The van der Waals surface area contributed by atoms with E-state index in [1.54, 1.807) is 36.4 Å². The Bertz CT molecular complexity index is 733. The second-order valence-corrected chi connectivity index (χ2v) is 6.43. The summed E-state index contributed by atoms with van der Waals surface area (Å²) in [6.07, 6.45) is 1.37. The van der Waals surface area contributed by atoms with E-state index in [0.29, 0.717) is 26.4 Å². The third kappa shape index (κ3) is 5.39. The molecular weight excluding hydrogens is 426 g/mol. The molecule has 0 radical (unpaired) electrons. The zero-order chi connectivity index (χ0) is 16.8. The van der Waals surface area contributed by atoms with Gasteiger partial charge in [-0.1, -0.05) is 56.8 Å². The predicted octanol–water partition coefficient (Wildman–Crippen LogP) is 4.94. The van der Waals surface area contributed by atoms with Crippen molar-refractivity contribution in [2.45, 2.75) is 0 Å². The molecule has 0 unspecified atom stereocenters. The normalized spacial score (nSPS) is 10.8. The first-order valence-electron chi connectivity index (χ1n) is 6.31. The molecular formula is C15H10BrCl3N2O2. The van der Waals surface area contributed by atoms with Gasteiger partial charge in [0.1, 0.15) is 5.75 Å². The highest BCUT2D eigenvalue weighted by Crippen LogP contribution is 2.27. The van der Waals surface area contributed by atoms with Crippen molar-refractivity contribution in [2.75, 3.05) is 6.61 Å². The maximum Gasteiger partial charge on any atom is 0.277 e. The number of hydrogen-bond acceptors (Lipinski definition) is 3. The molecule has 2 rings (SSSR count). The molecule has 0 aliphatic heterocycles. The van der Waals surface area contributed by atoms with Gasteiger partial charge in [0.25, 0.3) is 5.91 Å². The average Bonchev–Trinajstić information content (AvgIpc) is 2.49. The molecule has 1 amide bonds. The molecule has 23 heavy (non-hydrogen) atoms. The van der Waals surface area contributed by atoms with Gasteiger partial charge < -0.3 is 4.74 Å². The summed E-state index contributed by atoms with van der Waals surface area (Å²) in [6, 6.07) is 10.2.